The molecule has 0 atom stereocenters. The number of hydrogen-bond acceptors (Lipinski definition) is 7. The fourth-order valence-electron chi connectivity index (χ4n) is 4.03. The lowest BCUT2D eigenvalue weighted by Gasteiger charge is -2.35. The molecule has 156 valence electrons. The van der Waals surface area contributed by atoms with Crippen LogP contribution in [-0.4, -0.2) is 52.5 Å². The fourth-order valence-corrected chi connectivity index (χ4v) is 4.82. The summed E-state index contributed by atoms with van der Waals surface area (Å²) < 4.78 is 12.8. The van der Waals surface area contributed by atoms with Gasteiger partial charge in [-0.2, -0.15) is 4.98 Å². The first-order valence-electron chi connectivity index (χ1n) is 10.5. The van der Waals surface area contributed by atoms with E-state index in [1.165, 1.54) is 23.4 Å². The summed E-state index contributed by atoms with van der Waals surface area (Å²) in [4.78, 5) is 13.8. The van der Waals surface area contributed by atoms with Crippen LogP contribution < -0.4 is 4.74 Å². The Bertz CT molecular complexity index is 1110. The Morgan fingerprint density at radius 3 is 2.77 bits per heavy atom. The molecule has 0 amide bonds. The number of nitrogens with zero attached hydrogens (tertiary/aromatic N) is 4. The minimum absolute atomic E-state index is 0.592. The van der Waals surface area contributed by atoms with Gasteiger partial charge in [-0.3, -0.25) is 4.90 Å². The van der Waals surface area contributed by atoms with Crippen molar-refractivity contribution < 1.29 is 9.15 Å². The largest absolute Gasteiger partial charge is 0.464 e. The zero-order valence-electron chi connectivity index (χ0n) is 17.4. The molecule has 1 fully saturated rings. The molecule has 0 bridgehead atoms. The summed E-state index contributed by atoms with van der Waals surface area (Å²) >= 11 is 1.49. The standard InChI is InChI=1S/C23H26N4O2S/c1-16(2)13-26-8-10-27(11-9-26)14-17-15-28-20-12-18(5-6-19(17)20)29-23-25-22-21(30-23)4-3-7-24-22/h3-7,12,15-16H,8-11,13-14H2,1-2H3. The average Bonchev–Trinajstić information content (AvgIpc) is 3.32. The van der Waals surface area contributed by atoms with E-state index in [1.807, 2.05) is 30.5 Å². The van der Waals surface area contributed by atoms with Crippen LogP contribution in [0.25, 0.3) is 21.3 Å². The summed E-state index contributed by atoms with van der Waals surface area (Å²) in [6.07, 6.45) is 3.63. The SMILES string of the molecule is CC(C)CN1CCN(Cc2coc3cc(Oc4nc5ncccc5s4)ccc23)CC1. The average molecular weight is 423 g/mol. The third-order valence-corrected chi connectivity index (χ3v) is 6.35. The van der Waals surface area contributed by atoms with E-state index in [4.69, 9.17) is 9.15 Å². The number of rotatable bonds is 6. The van der Waals surface area contributed by atoms with E-state index >= 15 is 0 Å². The highest BCUT2D eigenvalue weighted by molar-refractivity contribution is 7.20. The van der Waals surface area contributed by atoms with Gasteiger partial charge in [0.15, 0.2) is 5.65 Å². The van der Waals surface area contributed by atoms with Crippen molar-refractivity contribution in [2.45, 2.75) is 20.4 Å². The van der Waals surface area contributed by atoms with Crippen LogP contribution in [0.3, 0.4) is 0 Å². The van der Waals surface area contributed by atoms with Crippen molar-refractivity contribution in [3.63, 3.8) is 0 Å². The monoisotopic (exact) mass is 422 g/mol. The molecule has 7 heteroatoms. The van der Waals surface area contributed by atoms with Gasteiger partial charge in [-0.1, -0.05) is 25.2 Å². The highest BCUT2D eigenvalue weighted by Gasteiger charge is 2.19. The van der Waals surface area contributed by atoms with Gasteiger partial charge in [0.1, 0.15) is 11.3 Å². The van der Waals surface area contributed by atoms with Gasteiger partial charge in [0.2, 0.25) is 0 Å². The van der Waals surface area contributed by atoms with Crippen molar-refractivity contribution in [2.75, 3.05) is 32.7 Å². The summed E-state index contributed by atoms with van der Waals surface area (Å²) in [5.41, 5.74) is 2.80. The Morgan fingerprint density at radius 2 is 1.97 bits per heavy atom. The third kappa shape index (κ3) is 4.19. The molecule has 6 nitrogen and oxygen atoms in total. The molecule has 0 radical (unpaired) electrons. The van der Waals surface area contributed by atoms with Gasteiger partial charge < -0.3 is 14.1 Å². The lowest BCUT2D eigenvalue weighted by Crippen LogP contribution is -2.46. The van der Waals surface area contributed by atoms with E-state index in [1.54, 1.807) is 6.20 Å². The van der Waals surface area contributed by atoms with Gasteiger partial charge >= 0.3 is 0 Å². The molecule has 0 saturated carbocycles. The number of pyridine rings is 1. The van der Waals surface area contributed by atoms with Crippen LogP contribution in [0.15, 0.2) is 47.2 Å². The van der Waals surface area contributed by atoms with E-state index in [2.05, 4.69) is 39.7 Å². The molecule has 1 saturated heterocycles. The second kappa shape index (κ2) is 8.34. The van der Waals surface area contributed by atoms with E-state index in [-0.39, 0.29) is 0 Å². The number of thiazole rings is 1. The van der Waals surface area contributed by atoms with Crippen LogP contribution in [0.1, 0.15) is 19.4 Å². The normalized spacial score (nSPS) is 16.1. The number of benzene rings is 1. The lowest BCUT2D eigenvalue weighted by atomic mass is 10.1. The second-order valence-electron chi connectivity index (χ2n) is 8.30. The molecule has 0 aliphatic carbocycles. The summed E-state index contributed by atoms with van der Waals surface area (Å²) in [6, 6.07) is 9.92. The molecule has 1 aliphatic heterocycles. The van der Waals surface area contributed by atoms with Crippen molar-refractivity contribution in [1.82, 2.24) is 19.8 Å². The van der Waals surface area contributed by atoms with Crippen LogP contribution in [0, 0.1) is 5.92 Å². The highest BCUT2D eigenvalue weighted by Crippen LogP contribution is 2.33. The van der Waals surface area contributed by atoms with Crippen LogP contribution in [0.5, 0.6) is 10.9 Å². The molecule has 1 aliphatic rings. The van der Waals surface area contributed by atoms with Crippen molar-refractivity contribution in [3.05, 3.63) is 48.4 Å². The molecule has 0 unspecified atom stereocenters. The smallest absolute Gasteiger partial charge is 0.281 e. The highest BCUT2D eigenvalue weighted by atomic mass is 32.1. The number of hydrogen-bond donors (Lipinski definition) is 0. The first kappa shape index (κ1) is 19.5. The van der Waals surface area contributed by atoms with Crippen molar-refractivity contribution in [2.24, 2.45) is 5.92 Å². The maximum Gasteiger partial charge on any atom is 0.281 e. The summed E-state index contributed by atoms with van der Waals surface area (Å²) in [5, 5.41) is 1.74. The zero-order valence-corrected chi connectivity index (χ0v) is 18.2. The number of aromatic nitrogens is 2. The maximum absolute atomic E-state index is 5.97. The second-order valence-corrected chi connectivity index (χ2v) is 9.29. The minimum Gasteiger partial charge on any atom is -0.464 e. The number of ether oxygens (including phenoxy) is 1. The van der Waals surface area contributed by atoms with Crippen LogP contribution >= 0.6 is 11.3 Å². The molecule has 30 heavy (non-hydrogen) atoms. The molecule has 0 spiro atoms. The molecule has 1 aromatic carbocycles. The van der Waals surface area contributed by atoms with Gasteiger partial charge in [-0.15, -0.1) is 0 Å². The van der Waals surface area contributed by atoms with Gasteiger partial charge in [0.25, 0.3) is 5.19 Å². The molecular weight excluding hydrogens is 396 g/mol. The van der Waals surface area contributed by atoms with Crippen molar-refractivity contribution >= 4 is 32.7 Å². The van der Waals surface area contributed by atoms with Gasteiger partial charge in [-0.05, 0) is 30.2 Å². The number of fused-ring (bicyclic) bond motifs is 2. The molecular formula is C23H26N4O2S. The Hall–Kier alpha value is -2.48. The molecule has 0 N–H and O–H groups in total. The summed E-state index contributed by atoms with van der Waals surface area (Å²) in [5.74, 6) is 1.45. The quantitative estimate of drug-likeness (QED) is 0.436. The topological polar surface area (TPSA) is 54.6 Å². The van der Waals surface area contributed by atoms with Crippen LogP contribution in [0.4, 0.5) is 0 Å². The Balaban J connectivity index is 1.26. The van der Waals surface area contributed by atoms with Gasteiger partial charge in [-0.25, -0.2) is 4.98 Å². The number of piperazine rings is 1. The summed E-state index contributed by atoms with van der Waals surface area (Å²) in [7, 11) is 0. The van der Waals surface area contributed by atoms with E-state index < -0.39 is 0 Å². The Labute approximate surface area is 180 Å². The Morgan fingerprint density at radius 1 is 1.13 bits per heavy atom. The Kier molecular flexibility index (Phi) is 5.41. The van der Waals surface area contributed by atoms with Crippen molar-refractivity contribution in [1.29, 1.82) is 0 Å². The third-order valence-electron chi connectivity index (χ3n) is 5.46. The molecule has 4 heterocycles. The zero-order chi connectivity index (χ0) is 20.5. The lowest BCUT2D eigenvalue weighted by molar-refractivity contribution is 0.117. The fraction of sp³-hybridized carbons (Fsp3) is 0.391. The van der Waals surface area contributed by atoms with E-state index in [9.17, 15) is 0 Å². The first-order valence-corrected chi connectivity index (χ1v) is 11.3. The molecule has 4 aromatic rings. The van der Waals surface area contributed by atoms with Gasteiger partial charge in [0, 0.05) is 62.5 Å². The molecule has 5 rings (SSSR count). The predicted octanol–water partition coefficient (Wildman–Crippen LogP) is 5.00. The molecule has 3 aromatic heterocycles. The minimum atomic E-state index is 0.592. The maximum atomic E-state index is 5.97. The summed E-state index contributed by atoms with van der Waals surface area (Å²) in [6.45, 7) is 11.2. The van der Waals surface area contributed by atoms with E-state index in [0.717, 1.165) is 60.1 Å². The van der Waals surface area contributed by atoms with E-state index in [0.29, 0.717) is 10.8 Å². The van der Waals surface area contributed by atoms with Crippen LogP contribution in [-0.2, 0) is 6.54 Å². The first-order chi connectivity index (χ1) is 14.6. The van der Waals surface area contributed by atoms with Crippen molar-refractivity contribution in [3.8, 4) is 10.9 Å². The number of furan rings is 1. The predicted molar refractivity (Wildman–Crippen MR) is 120 cm³/mol. The van der Waals surface area contributed by atoms with Crippen LogP contribution in [0.2, 0.25) is 0 Å². The van der Waals surface area contributed by atoms with Gasteiger partial charge in [0.05, 0.1) is 11.0 Å².